The SMILES string of the molecule is CCOC(=O)c1cnc(-n2cc(C)cn2)nc1Nc1cc(C(F)(F)F)ccc1N1CCCCC1. The molecule has 0 saturated carbocycles. The number of hydrogen-bond acceptors (Lipinski definition) is 7. The number of anilines is 3. The van der Waals surface area contributed by atoms with E-state index >= 15 is 0 Å². The van der Waals surface area contributed by atoms with Crippen LogP contribution in [0, 0.1) is 6.92 Å². The molecule has 0 radical (unpaired) electrons. The van der Waals surface area contributed by atoms with Gasteiger partial charge in [0.15, 0.2) is 5.82 Å². The quantitative estimate of drug-likeness (QED) is 0.509. The van der Waals surface area contributed by atoms with E-state index in [1.807, 2.05) is 11.8 Å². The van der Waals surface area contributed by atoms with E-state index in [0.717, 1.165) is 50.0 Å². The summed E-state index contributed by atoms with van der Waals surface area (Å²) in [7, 11) is 0. The molecule has 0 aliphatic carbocycles. The van der Waals surface area contributed by atoms with Gasteiger partial charge in [-0.15, -0.1) is 0 Å². The molecule has 180 valence electrons. The number of carbonyl (C=O) groups is 1. The fraction of sp³-hybridized carbons (Fsp3) is 0.391. The van der Waals surface area contributed by atoms with Crippen molar-refractivity contribution in [2.24, 2.45) is 0 Å². The van der Waals surface area contributed by atoms with Gasteiger partial charge in [-0.2, -0.15) is 23.3 Å². The maximum atomic E-state index is 13.5. The summed E-state index contributed by atoms with van der Waals surface area (Å²) in [5.41, 5.74) is 0.890. The number of esters is 1. The van der Waals surface area contributed by atoms with Crippen LogP contribution in [0.25, 0.3) is 5.95 Å². The van der Waals surface area contributed by atoms with Crippen molar-refractivity contribution >= 4 is 23.2 Å². The van der Waals surface area contributed by atoms with Crippen LogP contribution >= 0.6 is 0 Å². The molecule has 1 aromatic carbocycles. The topological polar surface area (TPSA) is 85.2 Å². The van der Waals surface area contributed by atoms with Crippen LogP contribution in [-0.4, -0.2) is 45.4 Å². The fourth-order valence-corrected chi connectivity index (χ4v) is 3.81. The van der Waals surface area contributed by atoms with Gasteiger partial charge in [-0.1, -0.05) is 0 Å². The van der Waals surface area contributed by atoms with Crippen molar-refractivity contribution in [1.82, 2.24) is 19.7 Å². The van der Waals surface area contributed by atoms with E-state index in [1.165, 1.54) is 16.9 Å². The Morgan fingerprint density at radius 2 is 1.94 bits per heavy atom. The van der Waals surface area contributed by atoms with Crippen molar-refractivity contribution in [3.8, 4) is 5.95 Å². The lowest BCUT2D eigenvalue weighted by atomic mass is 10.1. The third-order valence-corrected chi connectivity index (χ3v) is 5.46. The minimum atomic E-state index is -4.52. The molecule has 1 aliphatic rings. The molecule has 1 N–H and O–H groups in total. The summed E-state index contributed by atoms with van der Waals surface area (Å²) < 4.78 is 47.1. The molecule has 1 aliphatic heterocycles. The largest absolute Gasteiger partial charge is 0.462 e. The second-order valence-electron chi connectivity index (χ2n) is 8.02. The van der Waals surface area contributed by atoms with Crippen LogP contribution in [-0.2, 0) is 10.9 Å². The van der Waals surface area contributed by atoms with Gasteiger partial charge in [0.05, 0.1) is 29.7 Å². The zero-order valence-corrected chi connectivity index (χ0v) is 18.9. The van der Waals surface area contributed by atoms with Gasteiger partial charge in [0.1, 0.15) is 5.56 Å². The predicted octanol–water partition coefficient (Wildman–Crippen LogP) is 4.90. The molecule has 1 saturated heterocycles. The van der Waals surface area contributed by atoms with Crippen LogP contribution in [0.5, 0.6) is 0 Å². The van der Waals surface area contributed by atoms with Crippen LogP contribution < -0.4 is 10.2 Å². The van der Waals surface area contributed by atoms with Crippen LogP contribution in [0.15, 0.2) is 36.8 Å². The highest BCUT2D eigenvalue weighted by atomic mass is 19.4. The zero-order chi connectivity index (χ0) is 24.3. The van der Waals surface area contributed by atoms with Gasteiger partial charge in [0.2, 0.25) is 0 Å². The molecule has 1 fully saturated rings. The predicted molar refractivity (Wildman–Crippen MR) is 121 cm³/mol. The van der Waals surface area contributed by atoms with Gasteiger partial charge in [-0.25, -0.2) is 14.5 Å². The van der Waals surface area contributed by atoms with Crippen molar-refractivity contribution < 1.29 is 22.7 Å². The first-order chi connectivity index (χ1) is 16.3. The number of hydrogen-bond donors (Lipinski definition) is 1. The average molecular weight is 474 g/mol. The number of nitrogens with zero attached hydrogens (tertiary/aromatic N) is 5. The number of piperidine rings is 1. The van der Waals surface area contributed by atoms with Crippen molar-refractivity contribution in [2.75, 3.05) is 29.9 Å². The molecule has 0 atom stereocenters. The lowest BCUT2D eigenvalue weighted by Crippen LogP contribution is -2.30. The highest BCUT2D eigenvalue weighted by Crippen LogP contribution is 2.38. The normalized spacial score (nSPS) is 14.2. The Labute approximate surface area is 194 Å². The molecule has 3 aromatic rings. The standard InChI is InChI=1S/C23H25F3N6O2/c1-3-34-21(33)17-13-27-22(32-14-15(2)12-28-32)30-20(17)29-18-11-16(23(24,25)26)7-8-19(18)31-9-5-4-6-10-31/h7-8,11-14H,3-6,9-10H2,1-2H3,(H,27,29,30). The van der Waals surface area contributed by atoms with Crippen molar-refractivity contribution in [2.45, 2.75) is 39.3 Å². The van der Waals surface area contributed by atoms with Crippen LogP contribution in [0.1, 0.15) is 47.7 Å². The number of halogens is 3. The van der Waals surface area contributed by atoms with Gasteiger partial charge >= 0.3 is 12.1 Å². The Balaban J connectivity index is 1.80. The van der Waals surface area contributed by atoms with E-state index in [4.69, 9.17) is 4.74 Å². The number of rotatable bonds is 6. The summed E-state index contributed by atoms with van der Waals surface area (Å²) in [4.78, 5) is 23.2. The van der Waals surface area contributed by atoms with Gasteiger partial charge < -0.3 is 15.0 Å². The summed E-state index contributed by atoms with van der Waals surface area (Å²) in [6.45, 7) is 5.09. The van der Waals surface area contributed by atoms with Crippen LogP contribution in [0.3, 0.4) is 0 Å². The van der Waals surface area contributed by atoms with E-state index in [9.17, 15) is 18.0 Å². The molecular formula is C23H25F3N6O2. The molecule has 34 heavy (non-hydrogen) atoms. The summed E-state index contributed by atoms with van der Waals surface area (Å²) in [5.74, 6) is -0.482. The lowest BCUT2D eigenvalue weighted by molar-refractivity contribution is -0.137. The Hall–Kier alpha value is -3.63. The number of ether oxygens (including phenoxy) is 1. The number of nitrogens with one attached hydrogen (secondary N) is 1. The van der Waals surface area contributed by atoms with E-state index in [0.29, 0.717) is 5.69 Å². The molecule has 8 nitrogen and oxygen atoms in total. The lowest BCUT2D eigenvalue weighted by Gasteiger charge is -2.31. The minimum absolute atomic E-state index is 0.0106. The second-order valence-corrected chi connectivity index (χ2v) is 8.02. The average Bonchev–Trinajstić information content (AvgIpc) is 3.25. The fourth-order valence-electron chi connectivity index (χ4n) is 3.81. The Kier molecular flexibility index (Phi) is 6.71. The van der Waals surface area contributed by atoms with Gasteiger partial charge in [-0.3, -0.25) is 0 Å². The maximum absolute atomic E-state index is 13.5. The molecule has 0 unspecified atom stereocenters. The van der Waals surface area contributed by atoms with Crippen LogP contribution in [0.2, 0.25) is 0 Å². The Bertz CT molecular complexity index is 1170. The summed E-state index contributed by atoms with van der Waals surface area (Å²) in [6.07, 6.45) is 3.06. The zero-order valence-electron chi connectivity index (χ0n) is 18.9. The number of alkyl halides is 3. The Morgan fingerprint density at radius 1 is 1.18 bits per heavy atom. The van der Waals surface area contributed by atoms with Gasteiger partial charge in [-0.05, 0) is 56.9 Å². The van der Waals surface area contributed by atoms with Crippen LogP contribution in [0.4, 0.5) is 30.4 Å². The third-order valence-electron chi connectivity index (χ3n) is 5.46. The number of benzene rings is 1. The molecule has 4 rings (SSSR count). The molecule has 3 heterocycles. The van der Waals surface area contributed by atoms with E-state index < -0.39 is 17.7 Å². The summed E-state index contributed by atoms with van der Waals surface area (Å²) >= 11 is 0. The molecule has 2 aromatic heterocycles. The van der Waals surface area contributed by atoms with Crippen molar-refractivity contribution in [1.29, 1.82) is 0 Å². The highest BCUT2D eigenvalue weighted by Gasteiger charge is 2.32. The third kappa shape index (κ3) is 5.13. The van der Waals surface area contributed by atoms with E-state index in [-0.39, 0.29) is 29.6 Å². The monoisotopic (exact) mass is 474 g/mol. The molecule has 0 bridgehead atoms. The first-order valence-electron chi connectivity index (χ1n) is 11.1. The minimum Gasteiger partial charge on any atom is -0.462 e. The summed E-state index contributed by atoms with van der Waals surface area (Å²) in [6, 6.07) is 3.57. The van der Waals surface area contributed by atoms with Gasteiger partial charge in [0.25, 0.3) is 5.95 Å². The number of aryl methyl sites for hydroxylation is 1. The first kappa shape index (κ1) is 23.5. The summed E-state index contributed by atoms with van der Waals surface area (Å²) in [5, 5.41) is 7.15. The van der Waals surface area contributed by atoms with E-state index in [1.54, 1.807) is 19.3 Å². The van der Waals surface area contributed by atoms with Crippen molar-refractivity contribution in [3.63, 3.8) is 0 Å². The van der Waals surface area contributed by atoms with Crippen molar-refractivity contribution in [3.05, 3.63) is 53.5 Å². The van der Waals surface area contributed by atoms with E-state index in [2.05, 4.69) is 20.4 Å². The smallest absolute Gasteiger partial charge is 0.416 e. The Morgan fingerprint density at radius 3 is 2.59 bits per heavy atom. The highest BCUT2D eigenvalue weighted by molar-refractivity contribution is 5.96. The maximum Gasteiger partial charge on any atom is 0.416 e. The second kappa shape index (κ2) is 9.70. The van der Waals surface area contributed by atoms with Gasteiger partial charge in [0, 0.05) is 25.5 Å². The molecule has 11 heteroatoms. The molecule has 0 spiro atoms. The number of carbonyl (C=O) groups excluding carboxylic acids is 1. The molecular weight excluding hydrogens is 449 g/mol. The first-order valence-corrected chi connectivity index (χ1v) is 11.1. The number of aromatic nitrogens is 4. The molecule has 0 amide bonds.